The molecule has 1 unspecified atom stereocenters. The molecule has 1 aromatic carbocycles. The van der Waals surface area contributed by atoms with Crippen LogP contribution in [0.2, 0.25) is 5.02 Å². The molecule has 7 heteroatoms. The number of piperazine rings is 1. The van der Waals surface area contributed by atoms with Crippen LogP contribution in [0.5, 0.6) is 0 Å². The Morgan fingerprint density at radius 3 is 3.00 bits per heavy atom. The molecule has 2 amide bonds. The van der Waals surface area contributed by atoms with Crippen molar-refractivity contribution < 1.29 is 9.59 Å². The fourth-order valence-corrected chi connectivity index (χ4v) is 2.87. The summed E-state index contributed by atoms with van der Waals surface area (Å²) < 4.78 is 0.666. The average molecular weight is 375 g/mol. The minimum absolute atomic E-state index is 0.149. The molecule has 1 saturated heterocycles. The second kappa shape index (κ2) is 7.24. The lowest BCUT2D eigenvalue weighted by Crippen LogP contribution is -2.59. The van der Waals surface area contributed by atoms with Crippen molar-refractivity contribution in [1.82, 2.24) is 15.5 Å². The summed E-state index contributed by atoms with van der Waals surface area (Å²) in [5.41, 5.74) is 0.405. The summed E-state index contributed by atoms with van der Waals surface area (Å²) in [5, 5.41) is 6.27. The van der Waals surface area contributed by atoms with Crippen molar-refractivity contribution in [2.45, 2.75) is 13.0 Å². The van der Waals surface area contributed by atoms with Gasteiger partial charge in [-0.25, -0.2) is 0 Å². The molecule has 2 rings (SSSR count). The Morgan fingerprint density at radius 1 is 1.52 bits per heavy atom. The van der Waals surface area contributed by atoms with E-state index < -0.39 is 6.04 Å². The van der Waals surface area contributed by atoms with E-state index in [9.17, 15) is 9.59 Å². The minimum Gasteiger partial charge on any atom is -0.355 e. The van der Waals surface area contributed by atoms with Crippen molar-refractivity contribution >= 4 is 39.3 Å². The van der Waals surface area contributed by atoms with Gasteiger partial charge in [-0.1, -0.05) is 17.7 Å². The van der Waals surface area contributed by atoms with Crippen molar-refractivity contribution in [3.05, 3.63) is 33.3 Å². The van der Waals surface area contributed by atoms with Crippen molar-refractivity contribution in [2.75, 3.05) is 26.2 Å². The largest absolute Gasteiger partial charge is 0.355 e. The van der Waals surface area contributed by atoms with Gasteiger partial charge in [0.15, 0.2) is 0 Å². The number of carbonyl (C=O) groups is 2. The summed E-state index contributed by atoms with van der Waals surface area (Å²) in [6.07, 6.45) is 0. The van der Waals surface area contributed by atoms with Gasteiger partial charge in [0.25, 0.3) is 5.91 Å². The lowest BCUT2D eigenvalue weighted by molar-refractivity contribution is -0.126. The van der Waals surface area contributed by atoms with Gasteiger partial charge >= 0.3 is 0 Å². The van der Waals surface area contributed by atoms with Crippen LogP contribution in [0.15, 0.2) is 22.7 Å². The third-order valence-corrected chi connectivity index (χ3v) is 4.64. The molecule has 0 radical (unpaired) electrons. The third-order valence-electron chi connectivity index (χ3n) is 3.34. The number of benzene rings is 1. The van der Waals surface area contributed by atoms with Crippen LogP contribution in [0, 0.1) is 0 Å². The molecular formula is C14H17BrClN3O2. The predicted octanol–water partition coefficient (Wildman–Crippen LogP) is 1.65. The van der Waals surface area contributed by atoms with Crippen LogP contribution in [-0.4, -0.2) is 48.9 Å². The fourth-order valence-electron chi connectivity index (χ4n) is 2.30. The van der Waals surface area contributed by atoms with Gasteiger partial charge < -0.3 is 15.5 Å². The smallest absolute Gasteiger partial charge is 0.256 e. The van der Waals surface area contributed by atoms with E-state index in [-0.39, 0.29) is 11.8 Å². The average Bonchev–Trinajstić information content (AvgIpc) is 2.49. The zero-order valence-electron chi connectivity index (χ0n) is 11.7. The van der Waals surface area contributed by atoms with Crippen molar-refractivity contribution in [3.63, 3.8) is 0 Å². The van der Waals surface area contributed by atoms with Crippen molar-refractivity contribution in [3.8, 4) is 0 Å². The maximum atomic E-state index is 12.7. The molecule has 0 aromatic heterocycles. The summed E-state index contributed by atoms with van der Waals surface area (Å²) in [6, 6.07) is 4.69. The highest BCUT2D eigenvalue weighted by Gasteiger charge is 2.33. The maximum absolute atomic E-state index is 12.7. The van der Waals surface area contributed by atoms with Crippen LogP contribution in [-0.2, 0) is 4.79 Å². The first-order chi connectivity index (χ1) is 10.1. The number of nitrogens with one attached hydrogen (secondary N) is 2. The van der Waals surface area contributed by atoms with Crippen LogP contribution in [0.1, 0.15) is 17.3 Å². The predicted molar refractivity (Wildman–Crippen MR) is 85.5 cm³/mol. The van der Waals surface area contributed by atoms with Gasteiger partial charge in [-0.3, -0.25) is 9.59 Å². The number of hydrogen-bond donors (Lipinski definition) is 2. The normalized spacial score (nSPS) is 18.4. The number of hydrogen-bond acceptors (Lipinski definition) is 3. The molecule has 1 heterocycles. The first-order valence-electron chi connectivity index (χ1n) is 6.79. The van der Waals surface area contributed by atoms with Gasteiger partial charge in [-0.2, -0.15) is 0 Å². The highest BCUT2D eigenvalue weighted by atomic mass is 79.9. The molecule has 0 spiro atoms. The van der Waals surface area contributed by atoms with Gasteiger partial charge in [0.05, 0.1) is 10.6 Å². The van der Waals surface area contributed by atoms with E-state index in [1.165, 1.54) is 0 Å². The number of rotatable bonds is 3. The highest BCUT2D eigenvalue weighted by molar-refractivity contribution is 9.10. The lowest BCUT2D eigenvalue weighted by atomic mass is 10.1. The topological polar surface area (TPSA) is 61.4 Å². The summed E-state index contributed by atoms with van der Waals surface area (Å²) in [4.78, 5) is 26.4. The molecular weight excluding hydrogens is 358 g/mol. The van der Waals surface area contributed by atoms with E-state index in [0.717, 1.165) is 0 Å². The van der Waals surface area contributed by atoms with Crippen LogP contribution in [0.4, 0.5) is 0 Å². The van der Waals surface area contributed by atoms with Crippen molar-refractivity contribution in [2.24, 2.45) is 0 Å². The molecule has 1 atom stereocenters. The van der Waals surface area contributed by atoms with Gasteiger partial charge in [-0.05, 0) is 35.0 Å². The quantitative estimate of drug-likeness (QED) is 0.846. The Bertz CT molecular complexity index is 553. The van der Waals surface area contributed by atoms with Crippen molar-refractivity contribution in [1.29, 1.82) is 0 Å². The number of amides is 2. The summed E-state index contributed by atoms with van der Waals surface area (Å²) in [6.45, 7) is 3.97. The second-order valence-corrected chi connectivity index (χ2v) is 5.95. The van der Waals surface area contributed by atoms with E-state index in [2.05, 4.69) is 26.6 Å². The summed E-state index contributed by atoms with van der Waals surface area (Å²) in [7, 11) is 0. The third kappa shape index (κ3) is 3.56. The second-order valence-electron chi connectivity index (χ2n) is 4.71. The molecule has 1 fully saturated rings. The molecule has 114 valence electrons. The Hall–Kier alpha value is -1.11. The standard InChI is InChI=1S/C14H17BrClN3O2/c1-2-18-13(20)11-8-17-6-7-19(11)14(21)9-4-3-5-10(15)12(9)16/h3-5,11,17H,2,6-8H2,1H3,(H,18,20). The molecule has 0 bridgehead atoms. The number of carbonyl (C=O) groups excluding carboxylic acids is 2. The molecule has 1 aliphatic heterocycles. The zero-order valence-corrected chi connectivity index (χ0v) is 14.0. The summed E-state index contributed by atoms with van der Waals surface area (Å²) >= 11 is 9.50. The Kier molecular flexibility index (Phi) is 5.61. The molecule has 1 aliphatic rings. The molecule has 1 aromatic rings. The molecule has 21 heavy (non-hydrogen) atoms. The first kappa shape index (κ1) is 16.3. The fraction of sp³-hybridized carbons (Fsp3) is 0.429. The lowest BCUT2D eigenvalue weighted by Gasteiger charge is -2.35. The van der Waals surface area contributed by atoms with Gasteiger partial charge in [0.2, 0.25) is 5.91 Å². The number of halogens is 2. The molecule has 0 saturated carbocycles. The van der Waals surface area contributed by atoms with Crippen LogP contribution in [0.25, 0.3) is 0 Å². The Labute approximate surface area is 137 Å². The van der Waals surface area contributed by atoms with Crippen LogP contribution >= 0.6 is 27.5 Å². The monoisotopic (exact) mass is 373 g/mol. The number of likely N-dealkylation sites (N-methyl/N-ethyl adjacent to an activating group) is 1. The first-order valence-corrected chi connectivity index (χ1v) is 7.96. The van der Waals surface area contributed by atoms with E-state index in [1.807, 2.05) is 6.92 Å². The van der Waals surface area contributed by atoms with E-state index >= 15 is 0 Å². The van der Waals surface area contributed by atoms with Gasteiger partial charge in [-0.15, -0.1) is 0 Å². The van der Waals surface area contributed by atoms with E-state index in [0.29, 0.717) is 41.2 Å². The number of nitrogens with zero attached hydrogens (tertiary/aromatic N) is 1. The van der Waals surface area contributed by atoms with Gasteiger partial charge in [0, 0.05) is 30.7 Å². The molecule has 2 N–H and O–H groups in total. The molecule has 0 aliphatic carbocycles. The summed E-state index contributed by atoms with van der Waals surface area (Å²) in [5.74, 6) is -0.372. The SMILES string of the molecule is CCNC(=O)C1CNCCN1C(=O)c1cccc(Br)c1Cl. The van der Waals surface area contributed by atoms with E-state index in [1.54, 1.807) is 23.1 Å². The highest BCUT2D eigenvalue weighted by Crippen LogP contribution is 2.27. The Balaban J connectivity index is 2.26. The van der Waals surface area contributed by atoms with Gasteiger partial charge in [0.1, 0.15) is 6.04 Å². The van der Waals surface area contributed by atoms with Crippen LogP contribution in [0.3, 0.4) is 0 Å². The Morgan fingerprint density at radius 2 is 2.29 bits per heavy atom. The maximum Gasteiger partial charge on any atom is 0.256 e. The zero-order chi connectivity index (χ0) is 15.4. The minimum atomic E-state index is -0.513. The molecule has 5 nitrogen and oxygen atoms in total. The van der Waals surface area contributed by atoms with Crippen LogP contribution < -0.4 is 10.6 Å². The van der Waals surface area contributed by atoms with E-state index in [4.69, 9.17) is 11.6 Å².